The maximum atomic E-state index is 11.8. The van der Waals surface area contributed by atoms with Gasteiger partial charge in [-0.1, -0.05) is 29.7 Å². The average Bonchev–Trinajstić information content (AvgIpc) is 2.71. The van der Waals surface area contributed by atoms with Crippen LogP contribution in [0.3, 0.4) is 0 Å². The minimum absolute atomic E-state index is 0.316. The molecule has 2 aromatic rings. The number of nitrogens with zero attached hydrogens (tertiary/aromatic N) is 2. The zero-order valence-electron chi connectivity index (χ0n) is 15.6. The highest BCUT2D eigenvalue weighted by Gasteiger charge is 2.16. The first-order valence-corrected chi connectivity index (χ1v) is 9.60. The molecule has 1 aromatic heterocycles. The number of likely N-dealkylation sites (tertiary alicyclic amines) is 1. The molecule has 1 aliphatic heterocycles. The van der Waals surface area contributed by atoms with Crippen LogP contribution < -0.4 is 0 Å². The average molecular weight is 356 g/mol. The molecule has 0 radical (unpaired) electrons. The largest absolute Gasteiger partial charge is 0.343 e. The van der Waals surface area contributed by atoms with Gasteiger partial charge < -0.3 is 4.90 Å². The van der Waals surface area contributed by atoms with Crippen molar-refractivity contribution >= 4 is 5.91 Å². The van der Waals surface area contributed by atoms with Gasteiger partial charge in [0.1, 0.15) is 0 Å². The van der Waals surface area contributed by atoms with Crippen LogP contribution in [0.4, 0.5) is 0 Å². The molecule has 1 amide bonds. The fourth-order valence-corrected chi connectivity index (χ4v) is 3.03. The van der Waals surface area contributed by atoms with E-state index in [-0.39, 0.29) is 0 Å². The van der Waals surface area contributed by atoms with E-state index in [2.05, 4.69) is 28.7 Å². The van der Waals surface area contributed by atoms with E-state index >= 15 is 0 Å². The molecule has 27 heavy (non-hydrogen) atoms. The number of aromatic nitrogens is 1. The normalized spacial score (nSPS) is 13.3. The quantitative estimate of drug-likeness (QED) is 0.612. The van der Waals surface area contributed by atoms with Crippen molar-refractivity contribution in [1.29, 1.82) is 0 Å². The van der Waals surface area contributed by atoms with Crippen LogP contribution in [-0.4, -0.2) is 28.9 Å². The highest BCUT2D eigenvalue weighted by Crippen LogP contribution is 2.11. The van der Waals surface area contributed by atoms with Crippen LogP contribution in [0, 0.1) is 23.7 Å². The monoisotopic (exact) mass is 356 g/mol. The predicted octanol–water partition coefficient (Wildman–Crippen LogP) is 4.02. The van der Waals surface area contributed by atoms with Crippen molar-refractivity contribution in [3.63, 3.8) is 0 Å². The molecule has 2 heterocycles. The lowest BCUT2D eigenvalue weighted by molar-refractivity contribution is -0.133. The van der Waals surface area contributed by atoms with Crippen molar-refractivity contribution in [2.24, 2.45) is 0 Å². The van der Waals surface area contributed by atoms with E-state index in [4.69, 9.17) is 0 Å². The molecular weight excluding hydrogens is 332 g/mol. The van der Waals surface area contributed by atoms with E-state index in [1.165, 1.54) is 0 Å². The van der Waals surface area contributed by atoms with Gasteiger partial charge in [-0.3, -0.25) is 9.78 Å². The Morgan fingerprint density at radius 2 is 1.78 bits per heavy atom. The van der Waals surface area contributed by atoms with Crippen LogP contribution in [0.25, 0.3) is 0 Å². The van der Waals surface area contributed by atoms with Gasteiger partial charge in [0, 0.05) is 55.0 Å². The number of pyridine rings is 1. The lowest BCUT2D eigenvalue weighted by Gasteiger charge is -2.26. The summed E-state index contributed by atoms with van der Waals surface area (Å²) in [5.74, 6) is 13.0. The van der Waals surface area contributed by atoms with Gasteiger partial charge in [0.15, 0.2) is 0 Å². The third kappa shape index (κ3) is 6.32. The van der Waals surface area contributed by atoms with Gasteiger partial charge in [-0.25, -0.2) is 0 Å². The number of hydrogen-bond donors (Lipinski definition) is 0. The van der Waals surface area contributed by atoms with Crippen LogP contribution in [0.5, 0.6) is 0 Å². The van der Waals surface area contributed by atoms with Gasteiger partial charge in [0.25, 0.3) is 0 Å². The van der Waals surface area contributed by atoms with Crippen molar-refractivity contribution in [2.45, 2.75) is 38.5 Å². The summed E-state index contributed by atoms with van der Waals surface area (Å²) in [5.41, 5.74) is 2.84. The summed E-state index contributed by atoms with van der Waals surface area (Å²) in [6, 6.07) is 11.8. The number of carbonyl (C=O) groups excluding carboxylic acids is 1. The van der Waals surface area contributed by atoms with Crippen molar-refractivity contribution in [1.82, 2.24) is 9.88 Å². The Hall–Kier alpha value is -3.04. The van der Waals surface area contributed by atoms with E-state index in [9.17, 15) is 4.79 Å². The standard InChI is InChI=1S/C24H24N2O/c27-24-13-4-6-18-26(24)17-5-2-1-3-9-21-10-7-11-22(19-21)14-15-23-12-8-16-25-20-23/h7-8,10-12,16,19-20H,1-2,4-6,13,17-18H2. The van der Waals surface area contributed by atoms with Gasteiger partial charge in [-0.15, -0.1) is 0 Å². The smallest absolute Gasteiger partial charge is 0.222 e. The first kappa shape index (κ1) is 18.7. The summed E-state index contributed by atoms with van der Waals surface area (Å²) in [7, 11) is 0. The van der Waals surface area contributed by atoms with E-state index in [0.29, 0.717) is 5.91 Å². The predicted molar refractivity (Wildman–Crippen MR) is 108 cm³/mol. The number of unbranched alkanes of at least 4 members (excludes halogenated alkanes) is 2. The molecule has 0 saturated carbocycles. The Balaban J connectivity index is 1.46. The number of carbonyl (C=O) groups is 1. The Morgan fingerprint density at radius 3 is 2.59 bits per heavy atom. The van der Waals surface area contributed by atoms with Gasteiger partial charge in [0.05, 0.1) is 0 Å². The maximum Gasteiger partial charge on any atom is 0.222 e. The molecule has 3 rings (SSSR count). The third-order valence-corrected chi connectivity index (χ3v) is 4.51. The molecule has 0 atom stereocenters. The van der Waals surface area contributed by atoms with Crippen molar-refractivity contribution < 1.29 is 4.79 Å². The Morgan fingerprint density at radius 1 is 0.963 bits per heavy atom. The summed E-state index contributed by atoms with van der Waals surface area (Å²) in [5, 5.41) is 0. The molecule has 0 spiro atoms. The molecule has 3 nitrogen and oxygen atoms in total. The fourth-order valence-electron chi connectivity index (χ4n) is 3.03. The van der Waals surface area contributed by atoms with Gasteiger partial charge in [0.2, 0.25) is 5.91 Å². The molecule has 3 heteroatoms. The highest BCUT2D eigenvalue weighted by molar-refractivity contribution is 5.76. The number of hydrogen-bond acceptors (Lipinski definition) is 2. The van der Waals surface area contributed by atoms with Crippen LogP contribution in [0.1, 0.15) is 55.2 Å². The van der Waals surface area contributed by atoms with Gasteiger partial charge >= 0.3 is 0 Å². The Kier molecular flexibility index (Phi) is 7.07. The molecule has 1 aromatic carbocycles. The van der Waals surface area contributed by atoms with Crippen molar-refractivity contribution in [2.75, 3.05) is 13.1 Å². The third-order valence-electron chi connectivity index (χ3n) is 4.51. The lowest BCUT2D eigenvalue weighted by Crippen LogP contribution is -2.35. The number of amides is 1. The molecule has 0 bridgehead atoms. The SMILES string of the molecule is O=C1CCCCN1CCCCC#Cc1cccc(C#Cc2cccnc2)c1. The topological polar surface area (TPSA) is 33.2 Å². The summed E-state index contributed by atoms with van der Waals surface area (Å²) in [4.78, 5) is 17.8. The molecular formula is C24H24N2O. The molecule has 0 unspecified atom stereocenters. The van der Waals surface area contributed by atoms with Crippen molar-refractivity contribution in [3.8, 4) is 23.7 Å². The summed E-state index contributed by atoms with van der Waals surface area (Å²) in [6.45, 7) is 1.80. The molecule has 1 aliphatic rings. The first-order chi connectivity index (χ1) is 13.3. The van der Waals surface area contributed by atoms with E-state index in [1.54, 1.807) is 12.4 Å². The number of benzene rings is 1. The van der Waals surface area contributed by atoms with Crippen LogP contribution in [0.2, 0.25) is 0 Å². The van der Waals surface area contributed by atoms with E-state index in [1.807, 2.05) is 41.3 Å². The summed E-state index contributed by atoms with van der Waals surface area (Å²) >= 11 is 0. The second-order valence-corrected chi connectivity index (χ2v) is 6.67. The van der Waals surface area contributed by atoms with E-state index < -0.39 is 0 Å². The second-order valence-electron chi connectivity index (χ2n) is 6.67. The maximum absolute atomic E-state index is 11.8. The summed E-state index contributed by atoms with van der Waals surface area (Å²) < 4.78 is 0. The second kappa shape index (κ2) is 10.2. The highest BCUT2D eigenvalue weighted by atomic mass is 16.2. The molecule has 0 aliphatic carbocycles. The van der Waals surface area contributed by atoms with Crippen LogP contribution in [-0.2, 0) is 4.79 Å². The fraction of sp³-hybridized carbons (Fsp3) is 0.333. The zero-order valence-corrected chi connectivity index (χ0v) is 15.6. The van der Waals surface area contributed by atoms with Gasteiger partial charge in [-0.2, -0.15) is 0 Å². The Labute approximate surface area is 161 Å². The number of rotatable bonds is 4. The first-order valence-electron chi connectivity index (χ1n) is 9.60. The van der Waals surface area contributed by atoms with E-state index in [0.717, 1.165) is 68.3 Å². The molecule has 0 N–H and O–H groups in total. The molecule has 1 saturated heterocycles. The molecule has 136 valence electrons. The van der Waals surface area contributed by atoms with Crippen LogP contribution >= 0.6 is 0 Å². The Bertz CT molecular complexity index is 881. The zero-order chi connectivity index (χ0) is 18.7. The minimum atomic E-state index is 0.316. The lowest BCUT2D eigenvalue weighted by atomic mass is 10.1. The van der Waals surface area contributed by atoms with Crippen molar-refractivity contribution in [3.05, 3.63) is 65.5 Å². The number of piperidine rings is 1. The molecule has 1 fully saturated rings. The minimum Gasteiger partial charge on any atom is -0.343 e. The van der Waals surface area contributed by atoms with Crippen LogP contribution in [0.15, 0.2) is 48.8 Å². The summed E-state index contributed by atoms with van der Waals surface area (Å²) in [6.07, 6.45) is 9.32. The van der Waals surface area contributed by atoms with Gasteiger partial charge in [-0.05, 0) is 56.0 Å².